The number of aromatic amines is 1. The molecule has 39 heavy (non-hydrogen) atoms. The Morgan fingerprint density at radius 2 is 1.77 bits per heavy atom. The Morgan fingerprint density at radius 1 is 1.05 bits per heavy atom. The Kier molecular flexibility index (Phi) is 7.40. The van der Waals surface area contributed by atoms with E-state index in [-0.39, 0.29) is 17.9 Å². The molecule has 5 rings (SSSR count). The van der Waals surface area contributed by atoms with Crippen molar-refractivity contribution >= 4 is 17.0 Å². The molecule has 8 nitrogen and oxygen atoms in total. The normalized spacial score (nSPS) is 13.3. The van der Waals surface area contributed by atoms with Gasteiger partial charge >= 0.3 is 5.76 Å². The highest BCUT2D eigenvalue weighted by molar-refractivity contribution is 6.04. The SMILES string of the molecule is CCCCc1nc(N)c(-c2ccc(C)cc2)c(=O)n1Cc1ccc(C2=CCCC=C2c2noc(=O)[nH]2)cc1F. The second-order valence-corrected chi connectivity index (χ2v) is 9.71. The van der Waals surface area contributed by atoms with Crippen LogP contribution in [-0.2, 0) is 13.0 Å². The molecule has 0 saturated heterocycles. The van der Waals surface area contributed by atoms with Gasteiger partial charge in [0.2, 0.25) is 0 Å². The fourth-order valence-corrected chi connectivity index (χ4v) is 4.83. The van der Waals surface area contributed by atoms with Crippen LogP contribution >= 0.6 is 0 Å². The Morgan fingerprint density at radius 3 is 2.44 bits per heavy atom. The summed E-state index contributed by atoms with van der Waals surface area (Å²) in [4.78, 5) is 32.4. The topological polar surface area (TPSA) is 120 Å². The van der Waals surface area contributed by atoms with Crippen molar-refractivity contribution in [2.75, 3.05) is 5.73 Å². The third kappa shape index (κ3) is 5.38. The molecular formula is C30H30FN5O3. The number of rotatable bonds is 8. The van der Waals surface area contributed by atoms with Crippen LogP contribution in [0.5, 0.6) is 0 Å². The number of nitrogens with two attached hydrogens (primary N) is 1. The van der Waals surface area contributed by atoms with Crippen LogP contribution in [0.15, 0.2) is 68.7 Å². The fourth-order valence-electron chi connectivity index (χ4n) is 4.83. The second-order valence-electron chi connectivity index (χ2n) is 9.71. The number of nitrogen functional groups attached to an aromatic ring is 1. The number of nitrogens with zero attached hydrogens (tertiary/aromatic N) is 3. The number of allylic oxidation sites excluding steroid dienone is 4. The Labute approximate surface area is 224 Å². The first-order valence-corrected chi connectivity index (χ1v) is 13.1. The first-order valence-electron chi connectivity index (χ1n) is 13.1. The summed E-state index contributed by atoms with van der Waals surface area (Å²) in [7, 11) is 0. The Hall–Kier alpha value is -4.53. The van der Waals surface area contributed by atoms with E-state index in [1.165, 1.54) is 10.6 Å². The minimum atomic E-state index is -0.649. The van der Waals surface area contributed by atoms with Crippen LogP contribution in [0.25, 0.3) is 22.3 Å². The molecule has 1 aliphatic rings. The molecule has 2 heterocycles. The number of aryl methyl sites for hydroxylation is 2. The lowest BCUT2D eigenvalue weighted by Gasteiger charge is -2.18. The number of unbranched alkanes of at least 4 members (excludes halogenated alkanes) is 1. The molecular weight excluding hydrogens is 497 g/mol. The van der Waals surface area contributed by atoms with E-state index in [0.29, 0.717) is 45.9 Å². The first-order chi connectivity index (χ1) is 18.9. The molecule has 2 aromatic heterocycles. The van der Waals surface area contributed by atoms with Crippen molar-refractivity contribution in [3.05, 3.63) is 110 Å². The smallest absolute Gasteiger partial charge is 0.383 e. The van der Waals surface area contributed by atoms with E-state index in [9.17, 15) is 9.59 Å². The van der Waals surface area contributed by atoms with Crippen LogP contribution in [-0.4, -0.2) is 19.7 Å². The third-order valence-corrected chi connectivity index (χ3v) is 6.91. The van der Waals surface area contributed by atoms with Gasteiger partial charge in [-0.15, -0.1) is 0 Å². The van der Waals surface area contributed by atoms with E-state index in [2.05, 4.69) is 26.6 Å². The Bertz CT molecular complexity index is 1690. The van der Waals surface area contributed by atoms with Crippen LogP contribution < -0.4 is 17.0 Å². The molecule has 0 bridgehead atoms. The molecule has 4 aromatic rings. The highest BCUT2D eigenvalue weighted by Crippen LogP contribution is 2.34. The van der Waals surface area contributed by atoms with Gasteiger partial charge in [0, 0.05) is 17.6 Å². The molecule has 1 aliphatic carbocycles. The fraction of sp³-hybridized carbons (Fsp3) is 0.267. The maximum atomic E-state index is 15.6. The van der Waals surface area contributed by atoms with Gasteiger partial charge in [-0.25, -0.2) is 14.2 Å². The summed E-state index contributed by atoms with van der Waals surface area (Å²) < 4.78 is 21.8. The third-order valence-electron chi connectivity index (χ3n) is 6.91. The molecule has 3 N–H and O–H groups in total. The number of H-pyrrole nitrogens is 1. The number of anilines is 1. The van der Waals surface area contributed by atoms with Gasteiger partial charge < -0.3 is 5.73 Å². The lowest BCUT2D eigenvalue weighted by Crippen LogP contribution is -2.29. The van der Waals surface area contributed by atoms with E-state index in [1.807, 2.05) is 49.4 Å². The molecule has 0 saturated carbocycles. The van der Waals surface area contributed by atoms with Crippen molar-refractivity contribution in [3.63, 3.8) is 0 Å². The van der Waals surface area contributed by atoms with E-state index >= 15 is 4.39 Å². The monoisotopic (exact) mass is 527 g/mol. The zero-order chi connectivity index (χ0) is 27.5. The predicted octanol–water partition coefficient (Wildman–Crippen LogP) is 5.27. The molecule has 0 radical (unpaired) electrons. The van der Waals surface area contributed by atoms with Crippen LogP contribution in [0.1, 0.15) is 60.9 Å². The molecule has 0 fully saturated rings. The van der Waals surface area contributed by atoms with Gasteiger partial charge in [0.05, 0.1) is 12.1 Å². The van der Waals surface area contributed by atoms with Gasteiger partial charge in [0.25, 0.3) is 5.56 Å². The van der Waals surface area contributed by atoms with Crippen LogP contribution in [0.2, 0.25) is 0 Å². The van der Waals surface area contributed by atoms with Gasteiger partial charge in [-0.2, -0.15) is 0 Å². The van der Waals surface area contributed by atoms with Gasteiger partial charge in [0.15, 0.2) is 5.82 Å². The van der Waals surface area contributed by atoms with Crippen LogP contribution in [0.3, 0.4) is 0 Å². The zero-order valence-corrected chi connectivity index (χ0v) is 22.0. The molecule has 0 aliphatic heterocycles. The van der Waals surface area contributed by atoms with E-state index in [0.717, 1.165) is 36.8 Å². The van der Waals surface area contributed by atoms with Crippen molar-refractivity contribution < 1.29 is 8.91 Å². The summed E-state index contributed by atoms with van der Waals surface area (Å²) in [5.41, 5.74) is 10.5. The number of hydrogen-bond acceptors (Lipinski definition) is 6. The van der Waals surface area contributed by atoms with E-state index in [1.54, 1.807) is 6.07 Å². The highest BCUT2D eigenvalue weighted by Gasteiger charge is 2.20. The number of halogens is 1. The average molecular weight is 528 g/mol. The zero-order valence-electron chi connectivity index (χ0n) is 22.0. The summed E-state index contributed by atoms with van der Waals surface area (Å²) in [6.07, 6.45) is 7.78. The molecule has 0 unspecified atom stereocenters. The van der Waals surface area contributed by atoms with E-state index in [4.69, 9.17) is 5.73 Å². The molecule has 9 heteroatoms. The molecule has 0 amide bonds. The van der Waals surface area contributed by atoms with E-state index < -0.39 is 11.6 Å². The Balaban J connectivity index is 1.52. The lowest BCUT2D eigenvalue weighted by molar-refractivity contribution is 0.385. The number of nitrogens with one attached hydrogen (secondary N) is 1. The quantitative estimate of drug-likeness (QED) is 0.322. The molecule has 0 spiro atoms. The molecule has 200 valence electrons. The molecule has 0 atom stereocenters. The minimum absolute atomic E-state index is 0.0223. The van der Waals surface area contributed by atoms with Gasteiger partial charge in [0.1, 0.15) is 17.5 Å². The number of benzene rings is 2. The number of aromatic nitrogens is 4. The van der Waals surface area contributed by atoms with Gasteiger partial charge in [-0.1, -0.05) is 72.6 Å². The second kappa shape index (κ2) is 11.1. The van der Waals surface area contributed by atoms with Crippen molar-refractivity contribution in [2.45, 2.75) is 52.5 Å². The van der Waals surface area contributed by atoms with Crippen molar-refractivity contribution in [2.24, 2.45) is 0 Å². The summed E-state index contributed by atoms with van der Waals surface area (Å²) in [6, 6.07) is 12.5. The van der Waals surface area contributed by atoms with Crippen molar-refractivity contribution in [1.82, 2.24) is 19.7 Å². The maximum absolute atomic E-state index is 15.6. The van der Waals surface area contributed by atoms with Gasteiger partial charge in [-0.3, -0.25) is 18.9 Å². The van der Waals surface area contributed by atoms with Gasteiger partial charge in [-0.05, 0) is 49.0 Å². The summed E-state index contributed by atoms with van der Waals surface area (Å²) in [5.74, 6) is -0.0812. The standard InChI is InChI=1S/C30H30FN5O3/c1-3-4-9-25-33-27(32)26(19-12-10-18(2)11-13-19)29(37)36(25)17-21-15-14-20(16-24(21)31)22-7-5-6-8-23(22)28-34-30(38)39-35-28/h7-8,10-16H,3-6,9,17,32H2,1-2H3,(H,34,35,38). The summed E-state index contributed by atoms with van der Waals surface area (Å²) in [6.45, 7) is 4.05. The largest absolute Gasteiger partial charge is 0.439 e. The first kappa shape index (κ1) is 26.1. The van der Waals surface area contributed by atoms with Crippen LogP contribution in [0, 0.1) is 12.7 Å². The number of hydrogen-bond donors (Lipinski definition) is 2. The molecule has 2 aromatic carbocycles. The highest BCUT2D eigenvalue weighted by atomic mass is 19.1. The minimum Gasteiger partial charge on any atom is -0.383 e. The van der Waals surface area contributed by atoms with Crippen molar-refractivity contribution in [1.29, 1.82) is 0 Å². The maximum Gasteiger partial charge on any atom is 0.439 e. The van der Waals surface area contributed by atoms with Crippen molar-refractivity contribution in [3.8, 4) is 11.1 Å². The van der Waals surface area contributed by atoms with Crippen LogP contribution in [0.4, 0.5) is 10.2 Å². The average Bonchev–Trinajstić information content (AvgIpc) is 3.37. The summed E-state index contributed by atoms with van der Waals surface area (Å²) in [5, 5.41) is 3.80. The predicted molar refractivity (Wildman–Crippen MR) is 150 cm³/mol. The summed E-state index contributed by atoms with van der Waals surface area (Å²) >= 11 is 0. The lowest BCUT2D eigenvalue weighted by atomic mass is 9.91.